The number of aromatic amines is 1. The fourth-order valence-electron chi connectivity index (χ4n) is 5.25. The Labute approximate surface area is 239 Å². The molecule has 42 heavy (non-hydrogen) atoms. The highest BCUT2D eigenvalue weighted by Gasteiger charge is 2.36. The van der Waals surface area contributed by atoms with Crippen LogP contribution in [0.3, 0.4) is 0 Å². The summed E-state index contributed by atoms with van der Waals surface area (Å²) >= 11 is 0. The maximum absolute atomic E-state index is 16.0. The maximum Gasteiger partial charge on any atom is 0.417 e. The van der Waals surface area contributed by atoms with Crippen LogP contribution in [0.5, 0.6) is 0 Å². The summed E-state index contributed by atoms with van der Waals surface area (Å²) < 4.78 is 62.5. The van der Waals surface area contributed by atoms with Crippen molar-refractivity contribution in [1.82, 2.24) is 19.9 Å². The van der Waals surface area contributed by atoms with E-state index >= 15 is 4.39 Å². The maximum atomic E-state index is 16.0. The summed E-state index contributed by atoms with van der Waals surface area (Å²) in [5.74, 6) is -1.32. The van der Waals surface area contributed by atoms with Gasteiger partial charge in [0, 0.05) is 68.5 Å². The summed E-state index contributed by atoms with van der Waals surface area (Å²) in [6.45, 7) is 7.17. The first-order valence-corrected chi connectivity index (χ1v) is 13.5. The minimum absolute atomic E-state index is 0.0180. The van der Waals surface area contributed by atoms with Crippen LogP contribution in [0.15, 0.2) is 41.6 Å². The molecule has 0 aliphatic carbocycles. The van der Waals surface area contributed by atoms with E-state index in [0.717, 1.165) is 0 Å². The third-order valence-electron chi connectivity index (χ3n) is 7.73. The Bertz CT molecular complexity index is 1490. The Hall–Kier alpha value is -4.04. The molecule has 2 aliphatic rings. The summed E-state index contributed by atoms with van der Waals surface area (Å²) in [6.07, 6.45) is -1.19. The number of nitrogens with zero attached hydrogens (tertiary/aromatic N) is 5. The van der Waals surface area contributed by atoms with Crippen molar-refractivity contribution in [3.8, 4) is 11.1 Å². The Morgan fingerprint density at radius 1 is 1.02 bits per heavy atom. The SMILES string of the molecule is C[C@@H]1CN(c2c(F)cc(-c3cnc(N4CCOCC4)nc3)cc2NC(=O)c2c[nH]c(=O)cc2C(F)(F)F)C[C@H](C)N1C. The van der Waals surface area contributed by atoms with Crippen LogP contribution >= 0.6 is 0 Å². The Morgan fingerprint density at radius 3 is 2.29 bits per heavy atom. The van der Waals surface area contributed by atoms with Gasteiger partial charge in [0.15, 0.2) is 0 Å². The molecule has 0 spiro atoms. The number of nitrogens with one attached hydrogen (secondary N) is 2. The van der Waals surface area contributed by atoms with Crippen molar-refractivity contribution in [2.75, 3.05) is 61.6 Å². The molecule has 10 nitrogen and oxygen atoms in total. The van der Waals surface area contributed by atoms with Crippen molar-refractivity contribution < 1.29 is 27.1 Å². The van der Waals surface area contributed by atoms with Gasteiger partial charge in [-0.3, -0.25) is 14.5 Å². The molecule has 224 valence electrons. The zero-order valence-corrected chi connectivity index (χ0v) is 23.3. The molecule has 0 radical (unpaired) electrons. The molecule has 3 aromatic rings. The van der Waals surface area contributed by atoms with Gasteiger partial charge in [-0.1, -0.05) is 0 Å². The van der Waals surface area contributed by atoms with Gasteiger partial charge in [-0.25, -0.2) is 14.4 Å². The van der Waals surface area contributed by atoms with Crippen LogP contribution in [0.2, 0.25) is 0 Å². The van der Waals surface area contributed by atoms with Crippen molar-refractivity contribution in [2.24, 2.45) is 0 Å². The molecule has 14 heteroatoms. The lowest BCUT2D eigenvalue weighted by Gasteiger charge is -2.44. The van der Waals surface area contributed by atoms with Gasteiger partial charge < -0.3 is 24.8 Å². The number of alkyl halides is 3. The molecule has 2 aromatic heterocycles. The molecule has 0 unspecified atom stereocenters. The van der Waals surface area contributed by atoms with Crippen LogP contribution in [0.25, 0.3) is 11.1 Å². The number of piperazine rings is 1. The minimum Gasteiger partial charge on any atom is -0.378 e. The molecular weight excluding hydrogens is 558 g/mol. The number of H-pyrrole nitrogens is 1. The van der Waals surface area contributed by atoms with Crippen LogP contribution in [0.1, 0.15) is 29.8 Å². The summed E-state index contributed by atoms with van der Waals surface area (Å²) in [6, 6.07) is 3.19. The largest absolute Gasteiger partial charge is 0.417 e. The van der Waals surface area contributed by atoms with E-state index in [1.165, 1.54) is 24.5 Å². The van der Waals surface area contributed by atoms with Gasteiger partial charge in [0.05, 0.1) is 35.7 Å². The predicted molar refractivity (Wildman–Crippen MR) is 149 cm³/mol. The van der Waals surface area contributed by atoms with E-state index in [1.54, 1.807) is 4.90 Å². The number of pyridine rings is 1. The number of hydrogen-bond acceptors (Lipinski definition) is 8. The number of likely N-dealkylation sites (N-methyl/N-ethyl adjacent to an activating group) is 1. The van der Waals surface area contributed by atoms with Crippen molar-refractivity contribution in [3.05, 3.63) is 64.1 Å². The third-order valence-corrected chi connectivity index (χ3v) is 7.73. The number of morpholine rings is 1. The second-order valence-corrected chi connectivity index (χ2v) is 10.6. The number of amides is 1. The number of hydrogen-bond donors (Lipinski definition) is 2. The molecular formula is C28H31F4N7O3. The fraction of sp³-hybridized carbons (Fsp3) is 0.429. The molecule has 2 aliphatic heterocycles. The topological polar surface area (TPSA) is 107 Å². The molecule has 5 rings (SSSR count). The van der Waals surface area contributed by atoms with E-state index < -0.39 is 34.6 Å². The van der Waals surface area contributed by atoms with Gasteiger partial charge >= 0.3 is 6.18 Å². The zero-order chi connectivity index (χ0) is 30.2. The van der Waals surface area contributed by atoms with E-state index in [9.17, 15) is 22.8 Å². The van der Waals surface area contributed by atoms with Gasteiger partial charge in [-0.2, -0.15) is 13.2 Å². The van der Waals surface area contributed by atoms with Gasteiger partial charge in [0.25, 0.3) is 5.91 Å². The first kappa shape index (κ1) is 29.5. The van der Waals surface area contributed by atoms with Crippen LogP contribution in [0.4, 0.5) is 34.9 Å². The van der Waals surface area contributed by atoms with Crippen molar-refractivity contribution in [1.29, 1.82) is 0 Å². The van der Waals surface area contributed by atoms with E-state index in [1.807, 2.05) is 25.8 Å². The number of aromatic nitrogens is 3. The van der Waals surface area contributed by atoms with Crippen LogP contribution in [0, 0.1) is 5.82 Å². The summed E-state index contributed by atoms with van der Waals surface area (Å²) in [5, 5.41) is 2.49. The van der Waals surface area contributed by atoms with E-state index in [-0.39, 0.29) is 23.5 Å². The molecule has 1 aromatic carbocycles. The lowest BCUT2D eigenvalue weighted by Crippen LogP contribution is -2.55. The third kappa shape index (κ3) is 6.09. The average Bonchev–Trinajstić information content (AvgIpc) is 2.95. The molecule has 1 amide bonds. The fourth-order valence-corrected chi connectivity index (χ4v) is 5.25. The molecule has 4 heterocycles. The molecule has 2 fully saturated rings. The Morgan fingerprint density at radius 2 is 1.67 bits per heavy atom. The van der Waals surface area contributed by atoms with Crippen LogP contribution in [-0.2, 0) is 10.9 Å². The van der Waals surface area contributed by atoms with Gasteiger partial charge in [-0.05, 0) is 38.6 Å². The number of anilines is 3. The molecule has 0 bridgehead atoms. The van der Waals surface area contributed by atoms with Crippen molar-refractivity contribution >= 4 is 23.2 Å². The molecule has 2 saturated heterocycles. The normalized spacial score (nSPS) is 20.1. The van der Waals surface area contributed by atoms with E-state index in [0.29, 0.717) is 68.7 Å². The molecule has 2 atom stereocenters. The molecule has 0 saturated carbocycles. The highest BCUT2D eigenvalue weighted by atomic mass is 19.4. The monoisotopic (exact) mass is 589 g/mol. The second-order valence-electron chi connectivity index (χ2n) is 10.6. The smallest absolute Gasteiger partial charge is 0.378 e. The molecule has 2 N–H and O–H groups in total. The summed E-state index contributed by atoms with van der Waals surface area (Å²) in [5.41, 5.74) is -2.37. The number of carbonyl (C=O) groups is 1. The number of benzene rings is 1. The highest BCUT2D eigenvalue weighted by molar-refractivity contribution is 6.07. The van der Waals surface area contributed by atoms with Crippen LogP contribution < -0.4 is 20.7 Å². The number of carbonyl (C=O) groups excluding carboxylic acids is 1. The highest BCUT2D eigenvalue weighted by Crippen LogP contribution is 2.37. The Balaban J connectivity index is 1.55. The summed E-state index contributed by atoms with van der Waals surface area (Å²) in [7, 11) is 1.96. The first-order valence-electron chi connectivity index (χ1n) is 13.5. The van der Waals surface area contributed by atoms with E-state index in [4.69, 9.17) is 4.74 Å². The second kappa shape index (κ2) is 11.7. The van der Waals surface area contributed by atoms with Gasteiger partial charge in [0.1, 0.15) is 5.82 Å². The van der Waals surface area contributed by atoms with Crippen molar-refractivity contribution in [3.63, 3.8) is 0 Å². The van der Waals surface area contributed by atoms with Crippen LogP contribution in [-0.4, -0.2) is 84.3 Å². The number of halogens is 4. The predicted octanol–water partition coefficient (Wildman–Crippen LogP) is 3.61. The average molecular weight is 590 g/mol. The lowest BCUT2D eigenvalue weighted by atomic mass is 10.0. The lowest BCUT2D eigenvalue weighted by molar-refractivity contribution is -0.138. The zero-order valence-electron chi connectivity index (χ0n) is 23.3. The quantitative estimate of drug-likeness (QED) is 0.435. The first-order chi connectivity index (χ1) is 19.9. The number of rotatable bonds is 5. The van der Waals surface area contributed by atoms with Crippen molar-refractivity contribution in [2.45, 2.75) is 32.1 Å². The van der Waals surface area contributed by atoms with Gasteiger partial charge in [0.2, 0.25) is 11.5 Å². The minimum atomic E-state index is -4.96. The summed E-state index contributed by atoms with van der Waals surface area (Å²) in [4.78, 5) is 41.7. The van der Waals surface area contributed by atoms with Gasteiger partial charge in [-0.15, -0.1) is 0 Å². The Kier molecular flexibility index (Phi) is 8.19. The standard InChI is InChI=1S/C28H31F4N7O3/c1-16-14-39(15-17(2)37(16)3)25-22(29)8-18(19-11-34-27(35-12-19)38-4-6-42-7-5-38)9-23(25)36-26(41)20-13-33-24(40)10-21(20)28(30,31)32/h8-13,16-17H,4-7,14-15H2,1-3H3,(H,33,40)(H,36,41)/t16-,17+. The number of ether oxygens (including phenoxy) is 1. The van der Waals surface area contributed by atoms with E-state index in [2.05, 4.69) is 25.2 Å².